The monoisotopic (exact) mass is 464 g/mol. The molecule has 4 rings (SSSR count). The molecular weight excluding hydrogens is 432 g/mol. The Hall–Kier alpha value is -2.83. The second-order valence-corrected chi connectivity index (χ2v) is 9.68. The van der Waals surface area contributed by atoms with E-state index >= 15 is 0 Å². The van der Waals surface area contributed by atoms with Crippen LogP contribution in [-0.2, 0) is 0 Å². The van der Waals surface area contributed by atoms with Crippen molar-refractivity contribution in [2.45, 2.75) is 39.2 Å². The van der Waals surface area contributed by atoms with Crippen LogP contribution in [0.4, 0.5) is 5.00 Å². The summed E-state index contributed by atoms with van der Waals surface area (Å²) in [6.07, 6.45) is 3.61. The highest BCUT2D eigenvalue weighted by molar-refractivity contribution is 7.16. The Bertz CT molecular complexity index is 1100. The number of methoxy groups -OCH3 is 2. The molecule has 0 bridgehead atoms. The third kappa shape index (κ3) is 4.92. The normalized spacial score (nSPS) is 15.2. The van der Waals surface area contributed by atoms with Crippen molar-refractivity contribution in [2.24, 2.45) is 0 Å². The summed E-state index contributed by atoms with van der Waals surface area (Å²) in [5, 5.41) is 4.15. The molecule has 1 saturated heterocycles. The molecule has 174 valence electrons. The highest BCUT2D eigenvalue weighted by Gasteiger charge is 2.31. The zero-order valence-corrected chi connectivity index (χ0v) is 20.6. The molecular formula is C27H32N2O3S. The Balaban J connectivity index is 1.80. The van der Waals surface area contributed by atoms with Gasteiger partial charge in [-0.15, -0.1) is 11.3 Å². The molecule has 1 aliphatic heterocycles. The summed E-state index contributed by atoms with van der Waals surface area (Å²) in [6, 6.07) is 15.6. The lowest BCUT2D eigenvalue weighted by Gasteiger charge is -2.36. The number of benzene rings is 2. The van der Waals surface area contributed by atoms with Gasteiger partial charge in [-0.2, -0.15) is 0 Å². The van der Waals surface area contributed by atoms with Crippen LogP contribution in [0.25, 0.3) is 0 Å². The third-order valence-electron chi connectivity index (χ3n) is 6.45. The Labute approximate surface area is 200 Å². The van der Waals surface area contributed by atoms with Crippen LogP contribution in [0.15, 0.2) is 48.5 Å². The van der Waals surface area contributed by atoms with Crippen LogP contribution in [0.5, 0.6) is 11.5 Å². The highest BCUT2D eigenvalue weighted by Crippen LogP contribution is 2.44. The zero-order chi connectivity index (χ0) is 23.4. The topological polar surface area (TPSA) is 50.8 Å². The lowest BCUT2D eigenvalue weighted by atomic mass is 9.93. The van der Waals surface area contributed by atoms with E-state index in [4.69, 9.17) is 9.47 Å². The van der Waals surface area contributed by atoms with E-state index in [1.165, 1.54) is 35.3 Å². The molecule has 0 saturated carbocycles. The van der Waals surface area contributed by atoms with E-state index in [0.29, 0.717) is 5.56 Å². The van der Waals surface area contributed by atoms with Gasteiger partial charge in [0.2, 0.25) is 0 Å². The summed E-state index contributed by atoms with van der Waals surface area (Å²) >= 11 is 1.65. The van der Waals surface area contributed by atoms with Crippen molar-refractivity contribution in [1.29, 1.82) is 0 Å². The summed E-state index contributed by atoms with van der Waals surface area (Å²) < 4.78 is 11.1. The van der Waals surface area contributed by atoms with Gasteiger partial charge in [0.15, 0.2) is 11.5 Å². The maximum Gasteiger partial charge on any atom is 0.256 e. The van der Waals surface area contributed by atoms with Crippen LogP contribution in [0, 0.1) is 13.8 Å². The smallest absolute Gasteiger partial charge is 0.256 e. The SMILES string of the molecule is COc1ccc(C(c2c(NC(=O)c3ccccc3)sc(C)c2C)N2CCCCC2)cc1OC. The average molecular weight is 465 g/mol. The molecule has 2 aromatic carbocycles. The van der Waals surface area contributed by atoms with Gasteiger partial charge in [0.1, 0.15) is 5.00 Å². The minimum absolute atomic E-state index is 0.0288. The molecule has 0 radical (unpaired) electrons. The summed E-state index contributed by atoms with van der Waals surface area (Å²) in [7, 11) is 3.33. The molecule has 1 N–H and O–H groups in total. The van der Waals surface area contributed by atoms with Crippen LogP contribution in [0.2, 0.25) is 0 Å². The Kier molecular flexibility index (Phi) is 7.36. The van der Waals surface area contributed by atoms with Crippen molar-refractivity contribution >= 4 is 22.2 Å². The number of nitrogens with zero attached hydrogens (tertiary/aromatic N) is 1. The van der Waals surface area contributed by atoms with Gasteiger partial charge in [-0.1, -0.05) is 30.7 Å². The van der Waals surface area contributed by atoms with Crippen molar-refractivity contribution in [3.8, 4) is 11.5 Å². The van der Waals surface area contributed by atoms with Crippen LogP contribution < -0.4 is 14.8 Å². The van der Waals surface area contributed by atoms with Gasteiger partial charge in [0.25, 0.3) is 5.91 Å². The number of rotatable bonds is 7. The quantitative estimate of drug-likeness (QED) is 0.452. The van der Waals surface area contributed by atoms with E-state index in [2.05, 4.69) is 36.2 Å². The maximum absolute atomic E-state index is 13.1. The molecule has 3 aromatic rings. The van der Waals surface area contributed by atoms with Crippen molar-refractivity contribution in [3.05, 3.63) is 75.7 Å². The number of aryl methyl sites for hydroxylation is 1. The molecule has 33 heavy (non-hydrogen) atoms. The first-order valence-electron chi connectivity index (χ1n) is 11.5. The number of amides is 1. The van der Waals surface area contributed by atoms with Gasteiger partial charge in [-0.25, -0.2) is 0 Å². The Morgan fingerprint density at radius 2 is 1.67 bits per heavy atom. The van der Waals surface area contributed by atoms with Crippen molar-refractivity contribution in [2.75, 3.05) is 32.6 Å². The Morgan fingerprint density at radius 3 is 2.33 bits per heavy atom. The number of carbonyl (C=O) groups excluding carboxylic acids is 1. The first kappa shape index (κ1) is 23.3. The number of hydrogen-bond acceptors (Lipinski definition) is 5. The average Bonchev–Trinajstić information content (AvgIpc) is 3.13. The number of piperidine rings is 1. The Morgan fingerprint density at radius 1 is 0.970 bits per heavy atom. The molecule has 1 aromatic heterocycles. The van der Waals surface area contributed by atoms with E-state index in [1.54, 1.807) is 25.6 Å². The number of anilines is 1. The maximum atomic E-state index is 13.1. The highest BCUT2D eigenvalue weighted by atomic mass is 32.1. The van der Waals surface area contributed by atoms with Crippen LogP contribution in [-0.4, -0.2) is 38.1 Å². The lowest BCUT2D eigenvalue weighted by molar-refractivity contribution is 0.102. The summed E-state index contributed by atoms with van der Waals surface area (Å²) in [6.45, 7) is 6.35. The first-order valence-corrected chi connectivity index (χ1v) is 12.3. The van der Waals surface area contributed by atoms with E-state index < -0.39 is 0 Å². The molecule has 0 aliphatic carbocycles. The van der Waals surface area contributed by atoms with Gasteiger partial charge in [0, 0.05) is 16.0 Å². The number of hydrogen-bond donors (Lipinski definition) is 1. The van der Waals surface area contributed by atoms with Crippen molar-refractivity contribution < 1.29 is 14.3 Å². The molecule has 6 heteroatoms. The zero-order valence-electron chi connectivity index (χ0n) is 19.8. The largest absolute Gasteiger partial charge is 0.493 e. The lowest BCUT2D eigenvalue weighted by Crippen LogP contribution is -2.35. The van der Waals surface area contributed by atoms with Gasteiger partial charge in [-0.3, -0.25) is 9.69 Å². The fraction of sp³-hybridized carbons (Fsp3) is 0.370. The predicted molar refractivity (Wildman–Crippen MR) is 135 cm³/mol. The van der Waals surface area contributed by atoms with E-state index in [-0.39, 0.29) is 11.9 Å². The minimum Gasteiger partial charge on any atom is -0.493 e. The van der Waals surface area contributed by atoms with Gasteiger partial charge >= 0.3 is 0 Å². The molecule has 1 aliphatic rings. The molecule has 1 amide bonds. The van der Waals surface area contributed by atoms with Crippen LogP contribution >= 0.6 is 11.3 Å². The van der Waals surface area contributed by atoms with E-state index in [0.717, 1.165) is 35.2 Å². The molecule has 2 heterocycles. The minimum atomic E-state index is -0.0807. The van der Waals surface area contributed by atoms with Crippen LogP contribution in [0.1, 0.15) is 57.2 Å². The summed E-state index contributed by atoms with van der Waals surface area (Å²) in [5.74, 6) is 1.36. The number of thiophene rings is 1. The summed E-state index contributed by atoms with van der Waals surface area (Å²) in [4.78, 5) is 16.8. The predicted octanol–water partition coefficient (Wildman–Crippen LogP) is 6.21. The molecule has 5 nitrogen and oxygen atoms in total. The molecule has 0 spiro atoms. The molecule has 1 unspecified atom stereocenters. The van der Waals surface area contributed by atoms with E-state index in [1.807, 2.05) is 36.4 Å². The van der Waals surface area contributed by atoms with Crippen molar-refractivity contribution in [1.82, 2.24) is 4.90 Å². The van der Waals surface area contributed by atoms with Gasteiger partial charge in [0.05, 0.1) is 20.3 Å². The third-order valence-corrected chi connectivity index (χ3v) is 7.59. The fourth-order valence-corrected chi connectivity index (χ4v) is 5.68. The number of likely N-dealkylation sites (tertiary alicyclic amines) is 1. The number of carbonyl (C=O) groups is 1. The molecule has 1 atom stereocenters. The van der Waals surface area contributed by atoms with E-state index in [9.17, 15) is 4.79 Å². The second-order valence-electron chi connectivity index (χ2n) is 8.46. The second kappa shape index (κ2) is 10.4. The van der Waals surface area contributed by atoms with Gasteiger partial charge < -0.3 is 14.8 Å². The first-order chi connectivity index (χ1) is 16.0. The van der Waals surface area contributed by atoms with Crippen molar-refractivity contribution in [3.63, 3.8) is 0 Å². The van der Waals surface area contributed by atoms with Crippen LogP contribution in [0.3, 0.4) is 0 Å². The number of nitrogens with one attached hydrogen (secondary N) is 1. The standard InChI is InChI=1S/C27H32N2O3S/c1-18-19(2)33-27(28-26(30)20-11-7-5-8-12-20)24(18)25(29-15-9-6-10-16-29)21-13-14-22(31-3)23(17-21)32-4/h5,7-8,11-14,17,25H,6,9-10,15-16H2,1-4H3,(H,28,30). The number of ether oxygens (including phenoxy) is 2. The fourth-order valence-electron chi connectivity index (χ4n) is 4.59. The summed E-state index contributed by atoms with van der Waals surface area (Å²) in [5.41, 5.74) is 4.21. The molecule has 1 fully saturated rings. The van der Waals surface area contributed by atoms with Gasteiger partial charge in [-0.05, 0) is 75.2 Å².